The van der Waals surface area contributed by atoms with Gasteiger partial charge in [0, 0.05) is 36.7 Å². The summed E-state index contributed by atoms with van der Waals surface area (Å²) in [5.41, 5.74) is 12.5. The quantitative estimate of drug-likeness (QED) is 0.469. The van der Waals surface area contributed by atoms with Crippen LogP contribution in [0.25, 0.3) is 16.9 Å². The first kappa shape index (κ1) is 23.6. The van der Waals surface area contributed by atoms with Gasteiger partial charge < -0.3 is 11.1 Å². The summed E-state index contributed by atoms with van der Waals surface area (Å²) in [5.74, 6) is 0.772. The number of benzene rings is 1. The number of nitrogen functional groups attached to an aromatic ring is 1. The number of dihydropyridines is 1. The molecule has 1 fully saturated rings. The van der Waals surface area contributed by atoms with Gasteiger partial charge >= 0.3 is 0 Å². The average molecular weight is 537 g/mol. The van der Waals surface area contributed by atoms with Crippen LogP contribution < -0.4 is 11.1 Å². The van der Waals surface area contributed by atoms with Crippen molar-refractivity contribution in [1.82, 2.24) is 25.0 Å². The lowest BCUT2D eigenvalue weighted by molar-refractivity contribution is -0.174. The highest BCUT2D eigenvalue weighted by molar-refractivity contribution is 9.10. The van der Waals surface area contributed by atoms with Gasteiger partial charge in [0.1, 0.15) is 5.82 Å². The van der Waals surface area contributed by atoms with Gasteiger partial charge in [0.05, 0.1) is 23.5 Å². The Bertz CT molecular complexity index is 1310. The van der Waals surface area contributed by atoms with Crippen LogP contribution in [0.2, 0.25) is 0 Å². The SMILES string of the molecule is CON(C)C(=O)[C@H]1CC[C@H](c2nc3c(C4=CC=C(c5ccccc5)NC4)cnn3c(N)c2Br)CC1. The summed E-state index contributed by atoms with van der Waals surface area (Å²) in [4.78, 5) is 22.6. The molecule has 8 nitrogen and oxygen atoms in total. The normalized spacial score (nSPS) is 20.2. The van der Waals surface area contributed by atoms with E-state index in [9.17, 15) is 4.79 Å². The summed E-state index contributed by atoms with van der Waals surface area (Å²) in [5, 5.41) is 9.37. The maximum atomic E-state index is 12.5. The lowest BCUT2D eigenvalue weighted by Crippen LogP contribution is -2.34. The van der Waals surface area contributed by atoms with Gasteiger partial charge in [-0.05, 0) is 58.8 Å². The Morgan fingerprint density at radius 3 is 2.60 bits per heavy atom. The van der Waals surface area contributed by atoms with E-state index in [1.807, 2.05) is 24.4 Å². The van der Waals surface area contributed by atoms with Crippen LogP contribution in [0.3, 0.4) is 0 Å². The van der Waals surface area contributed by atoms with Crippen LogP contribution in [0.5, 0.6) is 0 Å². The number of nitrogens with two attached hydrogens (primary N) is 1. The van der Waals surface area contributed by atoms with Crippen LogP contribution in [0.1, 0.15) is 48.4 Å². The van der Waals surface area contributed by atoms with Crippen molar-refractivity contribution in [3.05, 3.63) is 70.0 Å². The van der Waals surface area contributed by atoms with E-state index in [4.69, 9.17) is 15.6 Å². The molecule has 0 atom stereocenters. The summed E-state index contributed by atoms with van der Waals surface area (Å²) in [6.45, 7) is 0.676. The Kier molecular flexibility index (Phi) is 6.62. The molecule has 1 amide bonds. The Morgan fingerprint density at radius 1 is 1.20 bits per heavy atom. The van der Waals surface area contributed by atoms with Crippen molar-refractivity contribution in [2.45, 2.75) is 31.6 Å². The second-order valence-corrected chi connectivity index (χ2v) is 9.84. The molecule has 3 N–H and O–H groups in total. The van der Waals surface area contributed by atoms with Crippen molar-refractivity contribution in [3.8, 4) is 0 Å². The molecule has 1 saturated carbocycles. The number of hydroxylamine groups is 2. The Hall–Kier alpha value is -3.17. The molecular formula is C26H29BrN6O2. The van der Waals surface area contributed by atoms with Crippen molar-refractivity contribution >= 4 is 44.6 Å². The Morgan fingerprint density at radius 2 is 1.94 bits per heavy atom. The third-order valence-electron chi connectivity index (χ3n) is 7.05. The molecule has 1 aromatic carbocycles. The number of nitrogens with one attached hydrogen (secondary N) is 1. The fraction of sp³-hybridized carbons (Fsp3) is 0.346. The van der Waals surface area contributed by atoms with Crippen molar-refractivity contribution in [2.24, 2.45) is 5.92 Å². The molecule has 3 aromatic rings. The van der Waals surface area contributed by atoms with Gasteiger partial charge in [-0.3, -0.25) is 9.63 Å². The number of hydrogen-bond donors (Lipinski definition) is 2. The van der Waals surface area contributed by atoms with E-state index in [0.717, 1.165) is 63.9 Å². The fourth-order valence-electron chi connectivity index (χ4n) is 4.96. The summed E-state index contributed by atoms with van der Waals surface area (Å²) in [7, 11) is 3.18. The van der Waals surface area contributed by atoms with Gasteiger partial charge in [0.15, 0.2) is 5.65 Å². The van der Waals surface area contributed by atoms with Gasteiger partial charge in [0.25, 0.3) is 0 Å². The van der Waals surface area contributed by atoms with E-state index >= 15 is 0 Å². The zero-order valence-corrected chi connectivity index (χ0v) is 21.5. The van der Waals surface area contributed by atoms with Crippen LogP contribution in [0.15, 0.2) is 53.2 Å². The molecule has 5 rings (SSSR count). The molecule has 1 aliphatic carbocycles. The minimum atomic E-state index is -0.0225. The Labute approximate surface area is 212 Å². The molecule has 0 unspecified atom stereocenters. The molecule has 182 valence electrons. The molecule has 35 heavy (non-hydrogen) atoms. The summed E-state index contributed by atoms with van der Waals surface area (Å²) in [6.07, 6.45) is 9.38. The first-order valence-electron chi connectivity index (χ1n) is 11.8. The van der Waals surface area contributed by atoms with Crippen LogP contribution in [-0.4, -0.2) is 46.3 Å². The maximum absolute atomic E-state index is 12.5. The lowest BCUT2D eigenvalue weighted by atomic mass is 9.80. The molecule has 1 aliphatic heterocycles. The van der Waals surface area contributed by atoms with Crippen LogP contribution in [-0.2, 0) is 9.63 Å². The number of fused-ring (bicyclic) bond motifs is 1. The standard InChI is InChI=1S/C26H29BrN6O2/c1-32(35-2)26(34)18-10-8-17(9-11-18)23-22(27)24(28)33-25(31-23)20(15-30-33)19-12-13-21(29-14-19)16-6-4-3-5-7-16/h3-7,12-13,15,17-18,29H,8-11,14,28H2,1-2H3/t17-,18-. The number of aromatic nitrogens is 3. The molecular weight excluding hydrogens is 508 g/mol. The van der Waals surface area contributed by atoms with E-state index in [1.165, 1.54) is 12.2 Å². The minimum absolute atomic E-state index is 0.0225. The number of amides is 1. The molecule has 2 aromatic heterocycles. The monoisotopic (exact) mass is 536 g/mol. The number of hydrogen-bond acceptors (Lipinski definition) is 6. The number of nitrogens with zero attached hydrogens (tertiary/aromatic N) is 4. The van der Waals surface area contributed by atoms with Crippen molar-refractivity contribution < 1.29 is 9.63 Å². The highest BCUT2D eigenvalue weighted by Crippen LogP contribution is 2.40. The summed E-state index contributed by atoms with van der Waals surface area (Å²) in [6, 6.07) is 10.3. The number of rotatable bonds is 5. The first-order chi connectivity index (χ1) is 17.0. The maximum Gasteiger partial charge on any atom is 0.248 e. The van der Waals surface area contributed by atoms with E-state index in [1.54, 1.807) is 11.6 Å². The first-order valence-corrected chi connectivity index (χ1v) is 12.6. The van der Waals surface area contributed by atoms with Gasteiger partial charge in [-0.1, -0.05) is 36.4 Å². The fourth-order valence-corrected chi connectivity index (χ4v) is 5.54. The number of allylic oxidation sites excluding steroid dienone is 2. The summed E-state index contributed by atoms with van der Waals surface area (Å²) < 4.78 is 2.48. The number of halogens is 1. The highest BCUT2D eigenvalue weighted by atomic mass is 79.9. The van der Waals surface area contributed by atoms with Crippen molar-refractivity contribution in [1.29, 1.82) is 0 Å². The second kappa shape index (κ2) is 9.83. The van der Waals surface area contributed by atoms with Gasteiger partial charge in [-0.15, -0.1) is 0 Å². The smallest absolute Gasteiger partial charge is 0.248 e. The minimum Gasteiger partial charge on any atom is -0.383 e. The largest absolute Gasteiger partial charge is 0.383 e. The molecule has 0 radical (unpaired) electrons. The number of carbonyl (C=O) groups is 1. The van der Waals surface area contributed by atoms with Crippen LogP contribution >= 0.6 is 15.9 Å². The molecule has 0 spiro atoms. The molecule has 0 saturated heterocycles. The van der Waals surface area contributed by atoms with Gasteiger partial charge in [0.2, 0.25) is 5.91 Å². The topological polar surface area (TPSA) is 97.8 Å². The number of carbonyl (C=O) groups excluding carboxylic acids is 1. The Balaban J connectivity index is 1.42. The zero-order chi connectivity index (χ0) is 24.5. The predicted molar refractivity (Wildman–Crippen MR) is 140 cm³/mol. The van der Waals surface area contributed by atoms with E-state index in [0.29, 0.717) is 12.4 Å². The predicted octanol–water partition coefficient (Wildman–Crippen LogP) is 4.40. The zero-order valence-electron chi connectivity index (χ0n) is 19.9. The van der Waals surface area contributed by atoms with Crippen LogP contribution in [0.4, 0.5) is 5.82 Å². The van der Waals surface area contributed by atoms with Gasteiger partial charge in [-0.2, -0.15) is 9.61 Å². The third-order valence-corrected chi connectivity index (χ3v) is 7.86. The van der Waals surface area contributed by atoms with Gasteiger partial charge in [-0.25, -0.2) is 10.0 Å². The van der Waals surface area contributed by atoms with Crippen molar-refractivity contribution in [3.63, 3.8) is 0 Å². The number of anilines is 1. The van der Waals surface area contributed by atoms with Crippen molar-refractivity contribution in [2.75, 3.05) is 26.4 Å². The van der Waals surface area contributed by atoms with E-state index in [2.05, 4.69) is 50.6 Å². The third kappa shape index (κ3) is 4.46. The highest BCUT2D eigenvalue weighted by Gasteiger charge is 2.32. The van der Waals surface area contributed by atoms with Crippen LogP contribution in [0, 0.1) is 5.92 Å². The molecule has 3 heterocycles. The van der Waals surface area contributed by atoms with E-state index < -0.39 is 0 Å². The second-order valence-electron chi connectivity index (χ2n) is 9.05. The average Bonchev–Trinajstić information content (AvgIpc) is 3.34. The summed E-state index contributed by atoms with van der Waals surface area (Å²) >= 11 is 3.67. The molecule has 0 bridgehead atoms. The molecule has 9 heteroatoms. The molecule has 2 aliphatic rings. The lowest BCUT2D eigenvalue weighted by Gasteiger charge is -2.30. The van der Waals surface area contributed by atoms with E-state index in [-0.39, 0.29) is 17.7 Å².